The van der Waals surface area contributed by atoms with Crippen LogP contribution >= 0.6 is 0 Å². The van der Waals surface area contributed by atoms with E-state index < -0.39 is 0 Å². The molecule has 0 aromatic heterocycles. The van der Waals surface area contributed by atoms with Crippen LogP contribution in [-0.2, 0) is 4.79 Å². The first-order valence-electron chi connectivity index (χ1n) is 6.99. The summed E-state index contributed by atoms with van der Waals surface area (Å²) in [4.78, 5) is 23.7. The van der Waals surface area contributed by atoms with Crippen LogP contribution in [0.4, 0.5) is 5.69 Å². The Balaban J connectivity index is 1.97. The van der Waals surface area contributed by atoms with E-state index in [2.05, 4.69) is 10.6 Å². The van der Waals surface area contributed by atoms with Crippen molar-refractivity contribution in [1.29, 1.82) is 0 Å². The van der Waals surface area contributed by atoms with Crippen molar-refractivity contribution < 1.29 is 9.59 Å². The Morgan fingerprint density at radius 1 is 1.35 bits per heavy atom. The van der Waals surface area contributed by atoms with Gasteiger partial charge in [0.1, 0.15) is 0 Å². The lowest BCUT2D eigenvalue weighted by atomic mass is 9.75. The summed E-state index contributed by atoms with van der Waals surface area (Å²) in [6, 6.07) is 6.91. The number of carbonyl (C=O) groups is 2. The maximum absolute atomic E-state index is 11.9. The first-order valence-corrected chi connectivity index (χ1v) is 6.99. The van der Waals surface area contributed by atoms with E-state index in [1.807, 2.05) is 6.92 Å². The van der Waals surface area contributed by atoms with Gasteiger partial charge in [-0.2, -0.15) is 0 Å². The van der Waals surface area contributed by atoms with Gasteiger partial charge >= 0.3 is 0 Å². The summed E-state index contributed by atoms with van der Waals surface area (Å²) < 4.78 is 0. The van der Waals surface area contributed by atoms with Gasteiger partial charge in [0.05, 0.1) is 0 Å². The monoisotopic (exact) mass is 275 g/mol. The second-order valence-electron chi connectivity index (χ2n) is 5.38. The van der Waals surface area contributed by atoms with Gasteiger partial charge in [-0.3, -0.25) is 9.59 Å². The molecule has 1 aromatic carbocycles. The van der Waals surface area contributed by atoms with Crippen LogP contribution in [0.5, 0.6) is 0 Å². The maximum atomic E-state index is 11.9. The Labute approximate surface area is 118 Å². The third-order valence-corrected chi connectivity index (χ3v) is 3.61. The molecule has 20 heavy (non-hydrogen) atoms. The van der Waals surface area contributed by atoms with E-state index in [-0.39, 0.29) is 17.4 Å². The molecule has 0 radical (unpaired) electrons. The summed E-state index contributed by atoms with van der Waals surface area (Å²) in [7, 11) is 0. The Morgan fingerprint density at radius 2 is 2.10 bits per heavy atom. The quantitative estimate of drug-likeness (QED) is 0.764. The van der Waals surface area contributed by atoms with Crippen molar-refractivity contribution in [1.82, 2.24) is 5.32 Å². The molecule has 0 spiro atoms. The molecule has 0 bridgehead atoms. The molecule has 1 aromatic rings. The SMILES string of the molecule is CCNC(=O)c1cccc(NC(=O)CC2(N)CCC2)c1. The molecule has 1 fully saturated rings. The van der Waals surface area contributed by atoms with Gasteiger partial charge in [0.15, 0.2) is 0 Å². The largest absolute Gasteiger partial charge is 0.352 e. The van der Waals surface area contributed by atoms with E-state index in [1.54, 1.807) is 24.3 Å². The summed E-state index contributed by atoms with van der Waals surface area (Å²) >= 11 is 0. The molecule has 1 saturated carbocycles. The molecule has 0 atom stereocenters. The van der Waals surface area contributed by atoms with Crippen molar-refractivity contribution in [2.75, 3.05) is 11.9 Å². The lowest BCUT2D eigenvalue weighted by Gasteiger charge is -2.37. The number of hydrogen-bond acceptors (Lipinski definition) is 3. The van der Waals surface area contributed by atoms with Gasteiger partial charge in [-0.05, 0) is 44.4 Å². The van der Waals surface area contributed by atoms with Crippen LogP contribution in [0.2, 0.25) is 0 Å². The van der Waals surface area contributed by atoms with Crippen molar-refractivity contribution in [3.8, 4) is 0 Å². The molecule has 5 nitrogen and oxygen atoms in total. The van der Waals surface area contributed by atoms with Crippen LogP contribution in [0.25, 0.3) is 0 Å². The van der Waals surface area contributed by atoms with Gasteiger partial charge < -0.3 is 16.4 Å². The van der Waals surface area contributed by atoms with E-state index in [0.29, 0.717) is 24.2 Å². The third kappa shape index (κ3) is 3.57. The van der Waals surface area contributed by atoms with E-state index >= 15 is 0 Å². The molecule has 0 aliphatic heterocycles. The van der Waals surface area contributed by atoms with Gasteiger partial charge in [0.2, 0.25) is 5.91 Å². The van der Waals surface area contributed by atoms with E-state index in [9.17, 15) is 9.59 Å². The van der Waals surface area contributed by atoms with Crippen LogP contribution in [0.3, 0.4) is 0 Å². The zero-order valence-electron chi connectivity index (χ0n) is 11.7. The van der Waals surface area contributed by atoms with Gasteiger partial charge in [0, 0.05) is 29.8 Å². The van der Waals surface area contributed by atoms with Gasteiger partial charge in [-0.25, -0.2) is 0 Å². The molecule has 1 aliphatic carbocycles. The highest BCUT2D eigenvalue weighted by atomic mass is 16.2. The van der Waals surface area contributed by atoms with Crippen LogP contribution < -0.4 is 16.4 Å². The molecule has 0 heterocycles. The number of benzene rings is 1. The smallest absolute Gasteiger partial charge is 0.251 e. The second-order valence-corrected chi connectivity index (χ2v) is 5.38. The molecule has 0 unspecified atom stereocenters. The fraction of sp³-hybridized carbons (Fsp3) is 0.467. The molecule has 0 saturated heterocycles. The number of nitrogens with one attached hydrogen (secondary N) is 2. The Bertz CT molecular complexity index is 510. The van der Waals surface area contributed by atoms with Crippen molar-refractivity contribution >= 4 is 17.5 Å². The van der Waals surface area contributed by atoms with E-state index in [4.69, 9.17) is 5.73 Å². The second kappa shape index (κ2) is 6.05. The minimum absolute atomic E-state index is 0.0970. The molecule has 2 rings (SSSR count). The highest BCUT2D eigenvalue weighted by molar-refractivity contribution is 5.97. The lowest BCUT2D eigenvalue weighted by molar-refractivity contribution is -0.118. The lowest BCUT2D eigenvalue weighted by Crippen LogP contribution is -2.48. The Hall–Kier alpha value is -1.88. The van der Waals surface area contributed by atoms with Crippen LogP contribution in [0.1, 0.15) is 43.0 Å². The zero-order chi connectivity index (χ0) is 14.6. The van der Waals surface area contributed by atoms with E-state index in [0.717, 1.165) is 19.3 Å². The summed E-state index contributed by atoms with van der Waals surface area (Å²) in [6.07, 6.45) is 3.23. The van der Waals surface area contributed by atoms with Gasteiger partial charge in [0.25, 0.3) is 5.91 Å². The Morgan fingerprint density at radius 3 is 2.70 bits per heavy atom. The van der Waals surface area contributed by atoms with Crippen LogP contribution in [-0.4, -0.2) is 23.9 Å². The Kier molecular flexibility index (Phi) is 4.39. The summed E-state index contributed by atoms with van der Waals surface area (Å²) in [5.74, 6) is -0.238. The normalized spacial score (nSPS) is 16.1. The van der Waals surface area contributed by atoms with Crippen LogP contribution in [0.15, 0.2) is 24.3 Å². The fourth-order valence-corrected chi connectivity index (χ4v) is 2.33. The standard InChI is InChI=1S/C15H21N3O2/c1-2-17-14(20)11-5-3-6-12(9-11)18-13(19)10-15(16)7-4-8-15/h3,5-6,9H,2,4,7-8,10,16H2,1H3,(H,17,20)(H,18,19). The first-order chi connectivity index (χ1) is 9.52. The molecular formula is C15H21N3O2. The topological polar surface area (TPSA) is 84.2 Å². The summed E-state index contributed by atoms with van der Waals surface area (Å²) in [6.45, 7) is 2.44. The number of anilines is 1. The summed E-state index contributed by atoms with van der Waals surface area (Å²) in [5, 5.41) is 5.53. The molecule has 108 valence electrons. The molecule has 1 aliphatic rings. The minimum atomic E-state index is -0.332. The number of nitrogens with two attached hydrogens (primary N) is 1. The minimum Gasteiger partial charge on any atom is -0.352 e. The van der Waals surface area contributed by atoms with Crippen molar-refractivity contribution in [2.45, 2.75) is 38.1 Å². The molecule has 4 N–H and O–H groups in total. The maximum Gasteiger partial charge on any atom is 0.251 e. The average Bonchev–Trinajstić information content (AvgIpc) is 2.37. The van der Waals surface area contributed by atoms with Crippen molar-refractivity contribution in [2.24, 2.45) is 5.73 Å². The zero-order valence-corrected chi connectivity index (χ0v) is 11.7. The molecular weight excluding hydrogens is 254 g/mol. The highest BCUT2D eigenvalue weighted by Crippen LogP contribution is 2.32. The van der Waals surface area contributed by atoms with Crippen molar-refractivity contribution in [3.63, 3.8) is 0 Å². The molecule has 5 heteroatoms. The van der Waals surface area contributed by atoms with Gasteiger partial charge in [-0.1, -0.05) is 6.07 Å². The van der Waals surface area contributed by atoms with Crippen LogP contribution in [0, 0.1) is 0 Å². The number of amides is 2. The van der Waals surface area contributed by atoms with E-state index in [1.165, 1.54) is 0 Å². The highest BCUT2D eigenvalue weighted by Gasteiger charge is 2.34. The molecule has 2 amide bonds. The number of rotatable bonds is 5. The average molecular weight is 275 g/mol. The predicted molar refractivity (Wildman–Crippen MR) is 78.5 cm³/mol. The summed E-state index contributed by atoms with van der Waals surface area (Å²) in [5.41, 5.74) is 6.88. The fourth-order valence-electron chi connectivity index (χ4n) is 2.33. The van der Waals surface area contributed by atoms with Crippen molar-refractivity contribution in [3.05, 3.63) is 29.8 Å². The van der Waals surface area contributed by atoms with Gasteiger partial charge in [-0.15, -0.1) is 0 Å². The third-order valence-electron chi connectivity index (χ3n) is 3.61. The number of hydrogen-bond donors (Lipinski definition) is 3. The predicted octanol–water partition coefficient (Wildman–Crippen LogP) is 1.65. The first kappa shape index (κ1) is 14.5. The number of carbonyl (C=O) groups excluding carboxylic acids is 2.